The second kappa shape index (κ2) is 10.2. The number of benzene rings is 5. The topological polar surface area (TPSA) is 52.6 Å². The molecule has 0 aromatic heterocycles. The highest BCUT2D eigenvalue weighted by Crippen LogP contribution is 2.44. The second-order valence-corrected chi connectivity index (χ2v) is 10.0. The fourth-order valence-corrected chi connectivity index (χ4v) is 5.55. The quantitative estimate of drug-likeness (QED) is 0.166. The Bertz CT molecular complexity index is 1780. The van der Waals surface area contributed by atoms with Gasteiger partial charge in [-0.3, -0.25) is 0 Å². The summed E-state index contributed by atoms with van der Waals surface area (Å²) in [5, 5.41) is 0. The molecule has 0 spiro atoms. The summed E-state index contributed by atoms with van der Waals surface area (Å²) in [5.74, 6) is -0.674. The smallest absolute Gasteiger partial charge is 0.348 e. The van der Waals surface area contributed by atoms with Gasteiger partial charge >= 0.3 is 11.9 Å². The molecule has 5 aromatic carbocycles. The van der Waals surface area contributed by atoms with Gasteiger partial charge in [-0.05, 0) is 27.8 Å². The van der Waals surface area contributed by atoms with Gasteiger partial charge in [-0.2, -0.15) is 0 Å². The molecular formula is C37H24O4. The molecule has 7 rings (SSSR count). The maximum atomic E-state index is 13.0. The first-order valence-electron chi connectivity index (χ1n) is 13.5. The van der Waals surface area contributed by atoms with E-state index >= 15 is 0 Å². The number of ether oxygens (including phenoxy) is 2. The average molecular weight is 533 g/mol. The fourth-order valence-electron chi connectivity index (χ4n) is 5.55. The number of hydrogen-bond acceptors (Lipinski definition) is 4. The molecule has 0 saturated carbocycles. The number of esters is 2. The van der Waals surface area contributed by atoms with Crippen LogP contribution in [0.5, 0.6) is 0 Å². The van der Waals surface area contributed by atoms with E-state index in [-0.39, 0.29) is 28.6 Å². The highest BCUT2D eigenvalue weighted by atomic mass is 16.6. The van der Waals surface area contributed by atoms with Crippen LogP contribution in [0.1, 0.15) is 33.7 Å². The third-order valence-corrected chi connectivity index (χ3v) is 7.53. The van der Waals surface area contributed by atoms with E-state index in [1.165, 1.54) is 11.1 Å². The summed E-state index contributed by atoms with van der Waals surface area (Å²) in [5.41, 5.74) is 7.18. The zero-order valence-corrected chi connectivity index (χ0v) is 22.0. The molecule has 0 atom stereocenters. The predicted octanol–water partition coefficient (Wildman–Crippen LogP) is 7.77. The van der Waals surface area contributed by atoms with Crippen LogP contribution in [-0.4, -0.2) is 11.9 Å². The molecular weight excluding hydrogens is 508 g/mol. The van der Waals surface area contributed by atoms with E-state index in [0.717, 1.165) is 16.7 Å². The van der Waals surface area contributed by atoms with Crippen LogP contribution in [0, 0.1) is 0 Å². The van der Waals surface area contributed by atoms with Gasteiger partial charge < -0.3 is 9.47 Å². The monoisotopic (exact) mass is 532 g/mol. The SMILES string of the molecule is O=C1OC(c2ccc(C(c3ccccc3)c3ccccc3)cc2)=C2C(=O)OC(c3ccc(-c4ccccc4)cc3)=C12. The van der Waals surface area contributed by atoms with Crippen molar-refractivity contribution in [1.82, 2.24) is 0 Å². The largest absolute Gasteiger partial charge is 0.421 e. The van der Waals surface area contributed by atoms with E-state index in [0.29, 0.717) is 11.1 Å². The summed E-state index contributed by atoms with van der Waals surface area (Å²) in [6.45, 7) is 0. The summed E-state index contributed by atoms with van der Waals surface area (Å²) >= 11 is 0. The van der Waals surface area contributed by atoms with Gasteiger partial charge in [-0.1, -0.05) is 140 Å². The van der Waals surface area contributed by atoms with Gasteiger partial charge in [0.15, 0.2) is 11.5 Å². The molecule has 0 saturated heterocycles. The Labute approximate surface area is 237 Å². The average Bonchev–Trinajstić information content (AvgIpc) is 3.57. The number of carbonyl (C=O) groups is 2. The normalized spacial score (nSPS) is 14.4. The van der Waals surface area contributed by atoms with Crippen LogP contribution in [0.2, 0.25) is 0 Å². The number of rotatable bonds is 6. The van der Waals surface area contributed by atoms with Crippen LogP contribution in [0.25, 0.3) is 22.6 Å². The predicted molar refractivity (Wildman–Crippen MR) is 158 cm³/mol. The van der Waals surface area contributed by atoms with E-state index in [1.807, 2.05) is 115 Å². The molecule has 0 bridgehead atoms. The lowest BCUT2D eigenvalue weighted by molar-refractivity contribution is -0.131. The van der Waals surface area contributed by atoms with Gasteiger partial charge in [0.2, 0.25) is 0 Å². The molecule has 2 aliphatic heterocycles. The van der Waals surface area contributed by atoms with Crippen molar-refractivity contribution in [3.05, 3.63) is 178 Å². The van der Waals surface area contributed by atoms with Crippen LogP contribution in [0.15, 0.2) is 151 Å². The van der Waals surface area contributed by atoms with Crippen LogP contribution in [0.3, 0.4) is 0 Å². The van der Waals surface area contributed by atoms with E-state index in [1.54, 1.807) is 0 Å². The Morgan fingerprint density at radius 3 is 1.17 bits per heavy atom. The van der Waals surface area contributed by atoms with Gasteiger partial charge in [0.25, 0.3) is 0 Å². The Hall–Kier alpha value is -5.48. The lowest BCUT2D eigenvalue weighted by atomic mass is 9.85. The van der Waals surface area contributed by atoms with Gasteiger partial charge in [-0.15, -0.1) is 0 Å². The summed E-state index contributed by atoms with van der Waals surface area (Å²) < 4.78 is 11.3. The Morgan fingerprint density at radius 2 is 0.707 bits per heavy atom. The van der Waals surface area contributed by atoms with Gasteiger partial charge in [0.1, 0.15) is 11.1 Å². The summed E-state index contributed by atoms with van der Waals surface area (Å²) in [7, 11) is 0. The molecule has 0 unspecified atom stereocenters. The van der Waals surface area contributed by atoms with Gasteiger partial charge in [0, 0.05) is 17.0 Å². The number of fused-ring (bicyclic) bond motifs is 1. The molecule has 0 radical (unpaired) electrons. The fraction of sp³-hybridized carbons (Fsp3) is 0.0270. The lowest BCUT2D eigenvalue weighted by Gasteiger charge is -2.19. The van der Waals surface area contributed by atoms with E-state index in [9.17, 15) is 9.59 Å². The standard InChI is InChI=1S/C37H24O4/c38-36-32-33(37(39)40-34(32)29-20-16-25(17-21-29)24-10-4-1-5-11-24)35(41-36)30-22-18-28(19-23-30)31(26-12-6-2-7-13-26)27-14-8-3-9-15-27/h1-23,31H. The van der Waals surface area contributed by atoms with E-state index in [2.05, 4.69) is 24.3 Å². The van der Waals surface area contributed by atoms with Crippen molar-refractivity contribution in [3.8, 4) is 11.1 Å². The first-order chi connectivity index (χ1) is 20.2. The minimum Gasteiger partial charge on any atom is -0.421 e. The molecule has 196 valence electrons. The lowest BCUT2D eigenvalue weighted by Crippen LogP contribution is -2.04. The summed E-state index contributed by atoms with van der Waals surface area (Å²) in [6.07, 6.45) is 0. The van der Waals surface area contributed by atoms with Crippen LogP contribution in [-0.2, 0) is 19.1 Å². The maximum Gasteiger partial charge on any atom is 0.348 e. The van der Waals surface area contributed by atoms with Crippen molar-refractivity contribution >= 4 is 23.5 Å². The first kappa shape index (κ1) is 24.6. The van der Waals surface area contributed by atoms with Crippen molar-refractivity contribution in [2.45, 2.75) is 5.92 Å². The minimum absolute atomic E-state index is 0.0348. The Morgan fingerprint density at radius 1 is 0.366 bits per heavy atom. The van der Waals surface area contributed by atoms with Gasteiger partial charge in [0.05, 0.1) is 0 Å². The van der Waals surface area contributed by atoms with Crippen molar-refractivity contribution in [2.24, 2.45) is 0 Å². The molecule has 4 heteroatoms. The zero-order valence-electron chi connectivity index (χ0n) is 22.0. The molecule has 41 heavy (non-hydrogen) atoms. The number of carbonyl (C=O) groups excluding carboxylic acids is 2. The van der Waals surface area contributed by atoms with Crippen molar-refractivity contribution in [2.75, 3.05) is 0 Å². The molecule has 4 nitrogen and oxygen atoms in total. The molecule has 2 heterocycles. The highest BCUT2D eigenvalue weighted by Gasteiger charge is 2.45. The van der Waals surface area contributed by atoms with Crippen LogP contribution in [0.4, 0.5) is 0 Å². The Balaban J connectivity index is 1.24. The molecule has 0 aliphatic carbocycles. The molecule has 0 amide bonds. The summed E-state index contributed by atoms with van der Waals surface area (Å²) in [4.78, 5) is 26.1. The second-order valence-electron chi connectivity index (χ2n) is 10.0. The molecule has 0 N–H and O–H groups in total. The minimum atomic E-state index is -0.585. The van der Waals surface area contributed by atoms with Crippen molar-refractivity contribution in [3.63, 3.8) is 0 Å². The van der Waals surface area contributed by atoms with Crippen LogP contribution < -0.4 is 0 Å². The Kier molecular flexibility index (Phi) is 6.14. The third-order valence-electron chi connectivity index (χ3n) is 7.53. The van der Waals surface area contributed by atoms with Crippen LogP contribution >= 0.6 is 0 Å². The van der Waals surface area contributed by atoms with Crippen molar-refractivity contribution in [1.29, 1.82) is 0 Å². The van der Waals surface area contributed by atoms with Crippen molar-refractivity contribution < 1.29 is 19.1 Å². The van der Waals surface area contributed by atoms with E-state index < -0.39 is 11.9 Å². The van der Waals surface area contributed by atoms with E-state index in [4.69, 9.17) is 9.47 Å². The summed E-state index contributed by atoms with van der Waals surface area (Å²) in [6, 6.07) is 46.1. The highest BCUT2D eigenvalue weighted by molar-refractivity contribution is 6.24. The van der Waals surface area contributed by atoms with Gasteiger partial charge in [-0.25, -0.2) is 9.59 Å². The first-order valence-corrected chi connectivity index (χ1v) is 13.5. The molecule has 2 aliphatic rings. The maximum absolute atomic E-state index is 13.0. The molecule has 5 aromatic rings. The third kappa shape index (κ3) is 4.46. The number of hydrogen-bond donors (Lipinski definition) is 0. The molecule has 0 fully saturated rings. The zero-order chi connectivity index (χ0) is 27.8. The number of cyclic esters (lactones) is 2.